The number of fused-ring (bicyclic) bond motifs is 1. The summed E-state index contributed by atoms with van der Waals surface area (Å²) in [6, 6.07) is 0. The molecule has 5 heteroatoms. The molecule has 0 atom stereocenters. The molecule has 4 nitrogen and oxygen atoms in total. The van der Waals surface area contributed by atoms with E-state index in [1.165, 1.54) is 12.8 Å². The molecule has 0 saturated heterocycles. The van der Waals surface area contributed by atoms with E-state index in [1.807, 2.05) is 6.92 Å². The van der Waals surface area contributed by atoms with Gasteiger partial charge in [-0.3, -0.25) is 0 Å². The molecule has 110 valence electrons. The number of hydrogen-bond donors (Lipinski definition) is 0. The Balaban J connectivity index is 2.12. The van der Waals surface area contributed by atoms with Crippen molar-refractivity contribution in [3.05, 3.63) is 11.5 Å². The van der Waals surface area contributed by atoms with Crippen LogP contribution in [0.4, 0.5) is 0 Å². The first-order chi connectivity index (χ1) is 9.52. The van der Waals surface area contributed by atoms with Crippen molar-refractivity contribution in [3.8, 4) is 0 Å². The van der Waals surface area contributed by atoms with Gasteiger partial charge in [-0.05, 0) is 38.0 Å². The molecule has 0 unspecified atom stereocenters. The van der Waals surface area contributed by atoms with E-state index in [0.717, 1.165) is 35.8 Å². The van der Waals surface area contributed by atoms with Crippen LogP contribution in [0.15, 0.2) is 0 Å². The van der Waals surface area contributed by atoms with Gasteiger partial charge in [0.25, 0.3) is 0 Å². The van der Waals surface area contributed by atoms with E-state index in [2.05, 4.69) is 35.1 Å². The van der Waals surface area contributed by atoms with Crippen LogP contribution < -0.4 is 0 Å². The van der Waals surface area contributed by atoms with Crippen molar-refractivity contribution in [2.75, 3.05) is 0 Å². The Morgan fingerprint density at radius 1 is 1.35 bits per heavy atom. The molecule has 0 spiro atoms. The Morgan fingerprint density at radius 3 is 2.55 bits per heavy atom. The molecule has 3 rings (SSSR count). The van der Waals surface area contributed by atoms with Crippen LogP contribution in [0, 0.1) is 18.3 Å². The minimum Gasteiger partial charge on any atom is -0.311 e. The highest BCUT2D eigenvalue weighted by Gasteiger charge is 2.46. The molecule has 2 aromatic rings. The number of aromatic nitrogens is 4. The maximum atomic E-state index is 6.12. The maximum Gasteiger partial charge on any atom is 0.158 e. The first-order valence-electron chi connectivity index (χ1n) is 7.51. The minimum absolute atomic E-state index is 0.436. The van der Waals surface area contributed by atoms with Gasteiger partial charge in [0.15, 0.2) is 5.65 Å². The fourth-order valence-corrected chi connectivity index (χ4v) is 3.36. The smallest absolute Gasteiger partial charge is 0.158 e. The van der Waals surface area contributed by atoms with Crippen molar-refractivity contribution in [2.24, 2.45) is 11.3 Å². The first-order valence-corrected chi connectivity index (χ1v) is 8.04. The third kappa shape index (κ3) is 1.96. The molecule has 1 fully saturated rings. The van der Waals surface area contributed by atoms with Gasteiger partial charge in [-0.2, -0.15) is 5.10 Å². The summed E-state index contributed by atoms with van der Waals surface area (Å²) in [6.07, 6.45) is 2.62. The van der Waals surface area contributed by atoms with Gasteiger partial charge in [-0.25, -0.2) is 9.67 Å². The zero-order chi connectivity index (χ0) is 14.5. The number of aryl methyl sites for hydroxylation is 2. The van der Waals surface area contributed by atoms with Crippen LogP contribution in [0.1, 0.15) is 45.1 Å². The molecular formula is C15H23ClN4. The van der Waals surface area contributed by atoms with E-state index in [1.54, 1.807) is 0 Å². The van der Waals surface area contributed by atoms with Crippen LogP contribution in [0.5, 0.6) is 0 Å². The zero-order valence-corrected chi connectivity index (χ0v) is 13.5. The molecule has 0 bridgehead atoms. The summed E-state index contributed by atoms with van der Waals surface area (Å²) in [5.41, 5.74) is 3.60. The average molecular weight is 295 g/mol. The van der Waals surface area contributed by atoms with Gasteiger partial charge in [-0.1, -0.05) is 13.8 Å². The summed E-state index contributed by atoms with van der Waals surface area (Å²) in [7, 11) is 0. The Labute approximate surface area is 125 Å². The topological polar surface area (TPSA) is 35.6 Å². The van der Waals surface area contributed by atoms with Crippen molar-refractivity contribution in [1.82, 2.24) is 19.3 Å². The molecule has 1 aliphatic rings. The summed E-state index contributed by atoms with van der Waals surface area (Å²) in [5, 5.41) is 4.59. The van der Waals surface area contributed by atoms with E-state index >= 15 is 0 Å². The van der Waals surface area contributed by atoms with E-state index in [0.29, 0.717) is 17.2 Å². The number of alkyl halides is 1. The molecule has 2 heterocycles. The van der Waals surface area contributed by atoms with Gasteiger partial charge in [0.2, 0.25) is 0 Å². The second kappa shape index (κ2) is 4.76. The van der Waals surface area contributed by atoms with E-state index in [4.69, 9.17) is 16.6 Å². The van der Waals surface area contributed by atoms with E-state index in [9.17, 15) is 0 Å². The molecule has 0 aromatic carbocycles. The highest BCUT2D eigenvalue weighted by Crippen LogP contribution is 2.53. The van der Waals surface area contributed by atoms with Crippen molar-refractivity contribution in [2.45, 2.75) is 59.5 Å². The number of imidazole rings is 1. The molecule has 20 heavy (non-hydrogen) atoms. The Morgan fingerprint density at radius 2 is 2.05 bits per heavy atom. The van der Waals surface area contributed by atoms with Crippen molar-refractivity contribution >= 4 is 22.8 Å². The van der Waals surface area contributed by atoms with Gasteiger partial charge in [0.05, 0.1) is 11.6 Å². The molecule has 2 aromatic heterocycles. The average Bonchev–Trinajstić information content (AvgIpc) is 3.02. The fraction of sp³-hybridized carbons (Fsp3) is 0.733. The molecule has 0 radical (unpaired) electrons. The molecule has 0 N–H and O–H groups in total. The van der Waals surface area contributed by atoms with Crippen molar-refractivity contribution in [1.29, 1.82) is 0 Å². The Kier molecular flexibility index (Phi) is 3.32. The van der Waals surface area contributed by atoms with Crippen LogP contribution in [-0.2, 0) is 19.0 Å². The van der Waals surface area contributed by atoms with E-state index < -0.39 is 0 Å². The summed E-state index contributed by atoms with van der Waals surface area (Å²) in [5.74, 6) is 2.14. The molecule has 0 amide bonds. The largest absolute Gasteiger partial charge is 0.311 e. The van der Waals surface area contributed by atoms with Gasteiger partial charge in [0.1, 0.15) is 11.3 Å². The molecular weight excluding hydrogens is 272 g/mol. The second-order valence-electron chi connectivity index (χ2n) is 6.34. The summed E-state index contributed by atoms with van der Waals surface area (Å²) < 4.78 is 4.38. The normalized spacial score (nSPS) is 17.3. The predicted octanol–water partition coefficient (Wildman–Crippen LogP) is 3.74. The van der Waals surface area contributed by atoms with Crippen LogP contribution in [0.25, 0.3) is 11.2 Å². The maximum absolute atomic E-state index is 6.12. The van der Waals surface area contributed by atoms with Crippen LogP contribution in [0.3, 0.4) is 0 Å². The number of halogens is 1. The van der Waals surface area contributed by atoms with Crippen LogP contribution in [-0.4, -0.2) is 19.3 Å². The van der Waals surface area contributed by atoms with Crippen LogP contribution >= 0.6 is 11.6 Å². The Bertz CT molecular complexity index is 634. The SMILES string of the molecule is CCn1nc(C)c2nc(CCl)n(CC3(C(C)C)CC3)c21. The van der Waals surface area contributed by atoms with Crippen molar-refractivity contribution in [3.63, 3.8) is 0 Å². The lowest BCUT2D eigenvalue weighted by molar-refractivity contribution is 0.307. The monoisotopic (exact) mass is 294 g/mol. The van der Waals surface area contributed by atoms with Gasteiger partial charge < -0.3 is 4.57 Å². The number of rotatable bonds is 5. The lowest BCUT2D eigenvalue weighted by Gasteiger charge is -2.21. The number of hydrogen-bond acceptors (Lipinski definition) is 2. The highest BCUT2D eigenvalue weighted by atomic mass is 35.5. The first kappa shape index (κ1) is 13.9. The van der Waals surface area contributed by atoms with Crippen molar-refractivity contribution < 1.29 is 0 Å². The van der Waals surface area contributed by atoms with Gasteiger partial charge in [-0.15, -0.1) is 11.6 Å². The lowest BCUT2D eigenvalue weighted by atomic mass is 9.92. The van der Waals surface area contributed by atoms with E-state index in [-0.39, 0.29) is 0 Å². The Hall–Kier alpha value is -1.03. The summed E-state index contributed by atoms with van der Waals surface area (Å²) >= 11 is 6.12. The van der Waals surface area contributed by atoms with Crippen LogP contribution in [0.2, 0.25) is 0 Å². The molecule has 1 aliphatic carbocycles. The summed E-state index contributed by atoms with van der Waals surface area (Å²) in [4.78, 5) is 4.72. The second-order valence-corrected chi connectivity index (χ2v) is 6.61. The quantitative estimate of drug-likeness (QED) is 0.788. The molecule has 1 saturated carbocycles. The van der Waals surface area contributed by atoms with Gasteiger partial charge >= 0.3 is 0 Å². The minimum atomic E-state index is 0.436. The zero-order valence-electron chi connectivity index (χ0n) is 12.8. The van der Waals surface area contributed by atoms with Gasteiger partial charge in [0, 0.05) is 13.1 Å². The lowest BCUT2D eigenvalue weighted by Crippen LogP contribution is -2.20. The molecule has 0 aliphatic heterocycles. The predicted molar refractivity (Wildman–Crippen MR) is 82.0 cm³/mol. The number of nitrogens with zero attached hydrogens (tertiary/aromatic N) is 4. The third-order valence-electron chi connectivity index (χ3n) is 4.89. The highest BCUT2D eigenvalue weighted by molar-refractivity contribution is 6.16. The standard InChI is InChI=1S/C15H23ClN4/c1-5-20-14-13(11(4)18-20)17-12(8-16)19(14)9-15(6-7-15)10(2)3/h10H,5-9H2,1-4H3. The third-order valence-corrected chi connectivity index (χ3v) is 5.13. The fourth-order valence-electron chi connectivity index (χ4n) is 3.15. The summed E-state index contributed by atoms with van der Waals surface area (Å²) in [6.45, 7) is 10.7.